The number of ether oxygens (including phenoxy) is 2. The van der Waals surface area contributed by atoms with Gasteiger partial charge in [-0.2, -0.15) is 0 Å². The Morgan fingerprint density at radius 3 is 2.50 bits per heavy atom. The molecule has 0 amide bonds. The van der Waals surface area contributed by atoms with E-state index in [9.17, 15) is 9.59 Å². The summed E-state index contributed by atoms with van der Waals surface area (Å²) in [5, 5.41) is 2.87. The van der Waals surface area contributed by atoms with Gasteiger partial charge in [0.05, 0.1) is 10.7 Å². The zero-order chi connectivity index (χ0) is 18.4. The predicted octanol–water partition coefficient (Wildman–Crippen LogP) is 4.07. The molecule has 0 radical (unpaired) electrons. The van der Waals surface area contributed by atoms with E-state index in [0.717, 1.165) is 10.7 Å². The maximum atomic E-state index is 12.3. The van der Waals surface area contributed by atoms with E-state index in [1.807, 2.05) is 18.4 Å². The third-order valence-electron chi connectivity index (χ3n) is 3.58. The van der Waals surface area contributed by atoms with Crippen molar-refractivity contribution in [1.82, 2.24) is 4.98 Å². The lowest BCUT2D eigenvalue weighted by Gasteiger charge is -2.10. The van der Waals surface area contributed by atoms with Gasteiger partial charge in [-0.15, -0.1) is 11.3 Å². The topological polar surface area (TPSA) is 65.5 Å². The molecule has 0 aliphatic heterocycles. The highest BCUT2D eigenvalue weighted by Crippen LogP contribution is 2.21. The third-order valence-corrected chi connectivity index (χ3v) is 4.40. The smallest absolute Gasteiger partial charge is 0.342 e. The Balaban J connectivity index is 1.63. The Labute approximate surface area is 155 Å². The van der Waals surface area contributed by atoms with E-state index in [1.165, 1.54) is 11.3 Å². The molecule has 3 rings (SSSR count). The standard InChI is InChI=1S/C20H17NO4S/c1-14-21-16(13-26-14)11-24-19-10-6-5-9-17(19)20(23)25-12-18(22)15-7-3-2-4-8-15/h2-10,13H,11-12H2,1H3. The van der Waals surface area contributed by atoms with Gasteiger partial charge in [0.25, 0.3) is 0 Å². The molecule has 3 aromatic rings. The summed E-state index contributed by atoms with van der Waals surface area (Å²) in [7, 11) is 0. The number of Topliss-reactive ketones (excluding diaryl/α,β-unsaturated/α-hetero) is 1. The molecule has 0 bridgehead atoms. The molecular formula is C20H17NO4S. The normalized spacial score (nSPS) is 10.3. The highest BCUT2D eigenvalue weighted by Gasteiger charge is 2.16. The molecule has 0 aliphatic rings. The first kappa shape index (κ1) is 17.8. The number of carbonyl (C=O) groups is 2. The number of hydrogen-bond donors (Lipinski definition) is 0. The van der Waals surface area contributed by atoms with E-state index in [-0.39, 0.29) is 24.6 Å². The number of carbonyl (C=O) groups excluding carboxylic acids is 2. The molecule has 6 heteroatoms. The maximum Gasteiger partial charge on any atom is 0.342 e. The molecule has 0 N–H and O–H groups in total. The molecule has 0 saturated carbocycles. The average molecular weight is 367 g/mol. The first-order chi connectivity index (χ1) is 12.6. The Morgan fingerprint density at radius 1 is 1.04 bits per heavy atom. The van der Waals surface area contributed by atoms with Crippen LogP contribution in [0.5, 0.6) is 5.75 Å². The van der Waals surface area contributed by atoms with Crippen molar-refractivity contribution >= 4 is 23.1 Å². The summed E-state index contributed by atoms with van der Waals surface area (Å²) in [6.07, 6.45) is 0. The van der Waals surface area contributed by atoms with Crippen LogP contribution < -0.4 is 4.74 Å². The van der Waals surface area contributed by atoms with Crippen molar-refractivity contribution in [3.8, 4) is 5.75 Å². The van der Waals surface area contributed by atoms with Crippen molar-refractivity contribution in [2.75, 3.05) is 6.61 Å². The van der Waals surface area contributed by atoms with Gasteiger partial charge in [-0.25, -0.2) is 9.78 Å². The van der Waals surface area contributed by atoms with Crippen LogP contribution in [-0.2, 0) is 11.3 Å². The summed E-state index contributed by atoms with van der Waals surface area (Å²) < 4.78 is 10.9. The van der Waals surface area contributed by atoms with Gasteiger partial charge in [0, 0.05) is 10.9 Å². The molecule has 0 aliphatic carbocycles. The van der Waals surface area contributed by atoms with Gasteiger partial charge in [-0.1, -0.05) is 42.5 Å². The summed E-state index contributed by atoms with van der Waals surface area (Å²) in [5.41, 5.74) is 1.58. The Bertz CT molecular complexity index is 905. The predicted molar refractivity (Wildman–Crippen MR) is 98.7 cm³/mol. The van der Waals surface area contributed by atoms with Gasteiger partial charge in [-0.3, -0.25) is 4.79 Å². The highest BCUT2D eigenvalue weighted by atomic mass is 32.1. The molecule has 2 aromatic carbocycles. The second kappa shape index (κ2) is 8.40. The Hall–Kier alpha value is -2.99. The molecule has 1 heterocycles. The number of ketones is 1. The van der Waals surface area contributed by atoms with Gasteiger partial charge in [0.1, 0.15) is 17.9 Å². The molecule has 0 atom stereocenters. The number of hydrogen-bond acceptors (Lipinski definition) is 6. The fourth-order valence-electron chi connectivity index (χ4n) is 2.30. The second-order valence-corrected chi connectivity index (χ2v) is 6.57. The fraction of sp³-hybridized carbons (Fsp3) is 0.150. The van der Waals surface area contributed by atoms with Crippen LogP contribution in [0.3, 0.4) is 0 Å². The Kier molecular flexibility index (Phi) is 5.76. The summed E-state index contributed by atoms with van der Waals surface area (Å²) in [6, 6.07) is 15.5. The molecular weight excluding hydrogens is 350 g/mol. The van der Waals surface area contributed by atoms with Gasteiger partial charge < -0.3 is 9.47 Å². The van der Waals surface area contributed by atoms with Gasteiger partial charge in [-0.05, 0) is 19.1 Å². The largest absolute Gasteiger partial charge is 0.486 e. The molecule has 0 spiro atoms. The number of benzene rings is 2. The SMILES string of the molecule is Cc1nc(COc2ccccc2C(=O)OCC(=O)c2ccccc2)cs1. The van der Waals surface area contributed by atoms with Gasteiger partial charge in [0.2, 0.25) is 0 Å². The van der Waals surface area contributed by atoms with Crippen molar-refractivity contribution in [2.45, 2.75) is 13.5 Å². The zero-order valence-electron chi connectivity index (χ0n) is 14.2. The van der Waals surface area contributed by atoms with E-state index in [0.29, 0.717) is 11.3 Å². The zero-order valence-corrected chi connectivity index (χ0v) is 15.0. The lowest BCUT2D eigenvalue weighted by Crippen LogP contribution is -2.15. The van der Waals surface area contributed by atoms with Gasteiger partial charge >= 0.3 is 5.97 Å². The number of aromatic nitrogens is 1. The number of aryl methyl sites for hydroxylation is 1. The molecule has 1 aromatic heterocycles. The summed E-state index contributed by atoms with van der Waals surface area (Å²) in [5.74, 6) is -0.454. The first-order valence-electron chi connectivity index (χ1n) is 8.01. The van der Waals surface area contributed by atoms with Crippen molar-refractivity contribution < 1.29 is 19.1 Å². The lowest BCUT2D eigenvalue weighted by molar-refractivity contribution is 0.0470. The second-order valence-electron chi connectivity index (χ2n) is 5.51. The summed E-state index contributed by atoms with van der Waals surface area (Å²) in [4.78, 5) is 28.7. The average Bonchev–Trinajstić information content (AvgIpc) is 3.10. The summed E-state index contributed by atoms with van der Waals surface area (Å²) in [6.45, 7) is 1.86. The van der Waals surface area contributed by atoms with Crippen LogP contribution in [0.2, 0.25) is 0 Å². The third kappa shape index (κ3) is 4.55. The minimum absolute atomic E-state index is 0.254. The van der Waals surface area contributed by atoms with E-state index in [4.69, 9.17) is 9.47 Å². The lowest BCUT2D eigenvalue weighted by atomic mass is 10.1. The van der Waals surface area contributed by atoms with Gasteiger partial charge in [0.15, 0.2) is 12.4 Å². The van der Waals surface area contributed by atoms with E-state index >= 15 is 0 Å². The number of thiazole rings is 1. The molecule has 0 unspecified atom stereocenters. The van der Waals surface area contributed by atoms with Crippen molar-refractivity contribution in [3.05, 3.63) is 81.8 Å². The molecule has 5 nitrogen and oxygen atoms in total. The number of para-hydroxylation sites is 1. The molecule has 0 saturated heterocycles. The molecule has 132 valence electrons. The monoisotopic (exact) mass is 367 g/mol. The van der Waals surface area contributed by atoms with Crippen LogP contribution in [0.1, 0.15) is 31.4 Å². The number of nitrogens with zero attached hydrogens (tertiary/aromatic N) is 1. The summed E-state index contributed by atoms with van der Waals surface area (Å²) >= 11 is 1.54. The van der Waals surface area contributed by atoms with E-state index in [1.54, 1.807) is 48.5 Å². The Morgan fingerprint density at radius 2 is 1.77 bits per heavy atom. The number of esters is 1. The van der Waals surface area contributed by atoms with E-state index in [2.05, 4.69) is 4.98 Å². The molecule has 26 heavy (non-hydrogen) atoms. The minimum atomic E-state index is -0.598. The van der Waals surface area contributed by atoms with Crippen molar-refractivity contribution in [1.29, 1.82) is 0 Å². The quantitative estimate of drug-likeness (QED) is 0.465. The van der Waals surface area contributed by atoms with Crippen molar-refractivity contribution in [2.24, 2.45) is 0 Å². The van der Waals surface area contributed by atoms with Crippen LogP contribution in [0.15, 0.2) is 60.0 Å². The maximum absolute atomic E-state index is 12.3. The van der Waals surface area contributed by atoms with Crippen LogP contribution in [0.4, 0.5) is 0 Å². The highest BCUT2D eigenvalue weighted by molar-refractivity contribution is 7.09. The minimum Gasteiger partial charge on any atom is -0.486 e. The molecule has 0 fully saturated rings. The fourth-order valence-corrected chi connectivity index (χ4v) is 2.90. The van der Waals surface area contributed by atoms with Crippen LogP contribution >= 0.6 is 11.3 Å². The van der Waals surface area contributed by atoms with E-state index < -0.39 is 5.97 Å². The van der Waals surface area contributed by atoms with Crippen LogP contribution in [-0.4, -0.2) is 23.3 Å². The van der Waals surface area contributed by atoms with Crippen LogP contribution in [0.25, 0.3) is 0 Å². The first-order valence-corrected chi connectivity index (χ1v) is 8.89. The van der Waals surface area contributed by atoms with Crippen molar-refractivity contribution in [3.63, 3.8) is 0 Å². The van der Waals surface area contributed by atoms with Crippen LogP contribution in [0, 0.1) is 6.92 Å². The number of rotatable bonds is 7.